The Morgan fingerprint density at radius 1 is 1.38 bits per heavy atom. The standard InChI is InChI=1S/C17H17N5O2/c23-17(21-13-6-11-1-2-12(13)20-11)14-7-15-10(8-19-14)5-16(24-15)22-4-3-18-9-22/h3-5,7-9,11-13,20H,1-2,6H2,(H,21,23)/t11-,12+,13-/m1/s1. The van der Waals surface area contributed by atoms with Crippen LogP contribution in [-0.2, 0) is 0 Å². The first-order valence-electron chi connectivity index (χ1n) is 8.21. The minimum Gasteiger partial charge on any atom is -0.440 e. The van der Waals surface area contributed by atoms with Crippen molar-refractivity contribution in [3.8, 4) is 5.88 Å². The van der Waals surface area contributed by atoms with Crippen molar-refractivity contribution < 1.29 is 9.21 Å². The second-order valence-corrected chi connectivity index (χ2v) is 6.53. The smallest absolute Gasteiger partial charge is 0.270 e. The van der Waals surface area contributed by atoms with E-state index in [1.807, 2.05) is 6.07 Å². The molecular formula is C17H17N5O2. The van der Waals surface area contributed by atoms with Crippen molar-refractivity contribution >= 4 is 16.9 Å². The molecule has 2 aliphatic rings. The van der Waals surface area contributed by atoms with Crippen LogP contribution in [0.1, 0.15) is 29.8 Å². The molecule has 5 heterocycles. The zero-order valence-electron chi connectivity index (χ0n) is 13.0. The number of nitrogens with one attached hydrogen (secondary N) is 2. The van der Waals surface area contributed by atoms with Crippen molar-refractivity contribution in [2.24, 2.45) is 0 Å². The number of hydrogen-bond acceptors (Lipinski definition) is 5. The van der Waals surface area contributed by atoms with Crippen LogP contribution in [0, 0.1) is 0 Å². The lowest BCUT2D eigenvalue weighted by atomic mass is 9.95. The molecule has 2 saturated heterocycles. The van der Waals surface area contributed by atoms with Crippen LogP contribution in [0.2, 0.25) is 0 Å². The predicted molar refractivity (Wildman–Crippen MR) is 86.9 cm³/mol. The molecule has 2 aliphatic heterocycles. The molecule has 5 rings (SSSR count). The average Bonchev–Trinajstić information content (AvgIpc) is 3.35. The molecule has 1 amide bonds. The number of fused-ring (bicyclic) bond motifs is 3. The minimum absolute atomic E-state index is 0.142. The molecular weight excluding hydrogens is 306 g/mol. The topological polar surface area (TPSA) is 85.0 Å². The van der Waals surface area contributed by atoms with Crippen LogP contribution in [0.3, 0.4) is 0 Å². The van der Waals surface area contributed by atoms with E-state index < -0.39 is 0 Å². The lowest BCUT2D eigenvalue weighted by Crippen LogP contribution is -2.43. The number of pyridine rings is 1. The molecule has 0 radical (unpaired) electrons. The third-order valence-electron chi connectivity index (χ3n) is 5.00. The van der Waals surface area contributed by atoms with Crippen molar-refractivity contribution in [3.63, 3.8) is 0 Å². The summed E-state index contributed by atoms with van der Waals surface area (Å²) >= 11 is 0. The molecule has 3 atom stereocenters. The third-order valence-corrected chi connectivity index (χ3v) is 5.00. The molecule has 7 heteroatoms. The summed E-state index contributed by atoms with van der Waals surface area (Å²) in [7, 11) is 0. The van der Waals surface area contributed by atoms with Gasteiger partial charge in [0, 0.05) is 54.2 Å². The van der Waals surface area contributed by atoms with Crippen molar-refractivity contribution in [3.05, 3.63) is 42.7 Å². The summed E-state index contributed by atoms with van der Waals surface area (Å²) in [6, 6.07) is 4.74. The SMILES string of the molecule is O=C(N[C@@H]1C[C@H]2CC[C@@H]1N2)c1cc2oc(-n3ccnc3)cc2cn1. The fourth-order valence-electron chi connectivity index (χ4n) is 3.79. The molecule has 7 nitrogen and oxygen atoms in total. The molecule has 24 heavy (non-hydrogen) atoms. The average molecular weight is 323 g/mol. The van der Waals surface area contributed by atoms with Gasteiger partial charge >= 0.3 is 0 Å². The zero-order valence-corrected chi connectivity index (χ0v) is 13.0. The molecule has 0 aromatic carbocycles. The molecule has 2 N–H and O–H groups in total. The molecule has 2 bridgehead atoms. The van der Waals surface area contributed by atoms with E-state index in [-0.39, 0.29) is 11.9 Å². The van der Waals surface area contributed by atoms with Crippen LogP contribution in [0.15, 0.2) is 41.5 Å². The van der Waals surface area contributed by atoms with Gasteiger partial charge in [-0.05, 0) is 19.3 Å². The van der Waals surface area contributed by atoms with E-state index in [4.69, 9.17) is 4.42 Å². The highest BCUT2D eigenvalue weighted by Crippen LogP contribution is 2.28. The van der Waals surface area contributed by atoms with Crippen LogP contribution in [0.25, 0.3) is 16.9 Å². The monoisotopic (exact) mass is 323 g/mol. The molecule has 0 aliphatic carbocycles. The summed E-state index contributed by atoms with van der Waals surface area (Å²) in [6.07, 6.45) is 10.2. The summed E-state index contributed by atoms with van der Waals surface area (Å²) in [5, 5.41) is 7.48. The first kappa shape index (κ1) is 13.7. The summed E-state index contributed by atoms with van der Waals surface area (Å²) in [4.78, 5) is 20.8. The number of aromatic nitrogens is 3. The van der Waals surface area contributed by atoms with Crippen LogP contribution >= 0.6 is 0 Å². The number of amides is 1. The van der Waals surface area contributed by atoms with E-state index in [2.05, 4.69) is 20.6 Å². The van der Waals surface area contributed by atoms with Gasteiger partial charge in [-0.15, -0.1) is 0 Å². The van der Waals surface area contributed by atoms with E-state index in [1.54, 1.807) is 35.6 Å². The normalized spacial score (nSPS) is 25.4. The van der Waals surface area contributed by atoms with E-state index in [9.17, 15) is 4.79 Å². The largest absolute Gasteiger partial charge is 0.440 e. The van der Waals surface area contributed by atoms with Gasteiger partial charge in [-0.1, -0.05) is 0 Å². The van der Waals surface area contributed by atoms with Crippen molar-refractivity contribution in [1.82, 2.24) is 25.2 Å². The fourth-order valence-corrected chi connectivity index (χ4v) is 3.79. The van der Waals surface area contributed by atoms with Crippen molar-refractivity contribution in [2.45, 2.75) is 37.4 Å². The number of carbonyl (C=O) groups excluding carboxylic acids is 1. The van der Waals surface area contributed by atoms with Crippen LogP contribution in [0.4, 0.5) is 0 Å². The predicted octanol–water partition coefficient (Wildman–Crippen LogP) is 1.64. The summed E-state index contributed by atoms with van der Waals surface area (Å²) < 4.78 is 7.59. The van der Waals surface area contributed by atoms with Gasteiger partial charge in [0.05, 0.1) is 0 Å². The van der Waals surface area contributed by atoms with Crippen LogP contribution in [0.5, 0.6) is 0 Å². The van der Waals surface area contributed by atoms with Gasteiger partial charge in [0.15, 0.2) is 0 Å². The number of rotatable bonds is 3. The highest BCUT2D eigenvalue weighted by Gasteiger charge is 2.39. The van der Waals surface area contributed by atoms with Crippen LogP contribution in [-0.4, -0.2) is 38.6 Å². The molecule has 0 spiro atoms. The van der Waals surface area contributed by atoms with E-state index >= 15 is 0 Å². The molecule has 3 aromatic heterocycles. The molecule has 3 aromatic rings. The Hall–Kier alpha value is -2.67. The van der Waals surface area contributed by atoms with Gasteiger partial charge in [0.25, 0.3) is 5.91 Å². The Labute approximate surface area is 138 Å². The Morgan fingerprint density at radius 2 is 2.33 bits per heavy atom. The van der Waals surface area contributed by atoms with E-state index in [0.717, 1.165) is 18.2 Å². The zero-order chi connectivity index (χ0) is 16.1. The Morgan fingerprint density at radius 3 is 3.08 bits per heavy atom. The van der Waals surface area contributed by atoms with Crippen molar-refractivity contribution in [1.29, 1.82) is 0 Å². The first-order chi connectivity index (χ1) is 11.8. The van der Waals surface area contributed by atoms with Crippen molar-refractivity contribution in [2.75, 3.05) is 0 Å². The van der Waals surface area contributed by atoms with Gasteiger partial charge in [0.2, 0.25) is 5.88 Å². The van der Waals surface area contributed by atoms with Gasteiger partial charge in [0.1, 0.15) is 17.6 Å². The third kappa shape index (κ3) is 2.20. The van der Waals surface area contributed by atoms with Gasteiger partial charge in [-0.3, -0.25) is 14.3 Å². The van der Waals surface area contributed by atoms with Gasteiger partial charge in [-0.25, -0.2) is 4.98 Å². The number of nitrogens with zero attached hydrogens (tertiary/aromatic N) is 3. The highest BCUT2D eigenvalue weighted by atomic mass is 16.4. The summed E-state index contributed by atoms with van der Waals surface area (Å²) in [5.41, 5.74) is 1.03. The quantitative estimate of drug-likeness (QED) is 0.765. The number of carbonyl (C=O) groups is 1. The highest BCUT2D eigenvalue weighted by molar-refractivity contribution is 5.95. The number of furan rings is 1. The number of imidazole rings is 1. The second-order valence-electron chi connectivity index (χ2n) is 6.53. The first-order valence-corrected chi connectivity index (χ1v) is 8.21. The molecule has 0 saturated carbocycles. The maximum absolute atomic E-state index is 12.5. The minimum atomic E-state index is -0.142. The second kappa shape index (κ2) is 5.17. The Kier molecular flexibility index (Phi) is 2.96. The fraction of sp³-hybridized carbons (Fsp3) is 0.353. The van der Waals surface area contributed by atoms with E-state index in [1.165, 1.54) is 6.42 Å². The molecule has 122 valence electrons. The lowest BCUT2D eigenvalue weighted by Gasteiger charge is -2.21. The Bertz CT molecular complexity index is 901. The molecule has 2 fully saturated rings. The maximum Gasteiger partial charge on any atom is 0.270 e. The summed E-state index contributed by atoms with van der Waals surface area (Å²) in [5.74, 6) is 0.510. The summed E-state index contributed by atoms with van der Waals surface area (Å²) in [6.45, 7) is 0. The lowest BCUT2D eigenvalue weighted by molar-refractivity contribution is 0.0926. The Balaban J connectivity index is 1.39. The van der Waals surface area contributed by atoms with Gasteiger partial charge < -0.3 is 15.1 Å². The number of hydrogen-bond donors (Lipinski definition) is 2. The van der Waals surface area contributed by atoms with Gasteiger partial charge in [-0.2, -0.15) is 0 Å². The van der Waals surface area contributed by atoms with Crippen LogP contribution < -0.4 is 10.6 Å². The maximum atomic E-state index is 12.5. The molecule has 0 unspecified atom stereocenters. The van der Waals surface area contributed by atoms with E-state index in [0.29, 0.717) is 29.2 Å².